The van der Waals surface area contributed by atoms with Crippen molar-refractivity contribution in [3.63, 3.8) is 0 Å². The summed E-state index contributed by atoms with van der Waals surface area (Å²) in [5, 5.41) is 21.8. The molecule has 1 aromatic heterocycles. The maximum atomic E-state index is 14.3. The molecule has 3 aromatic rings. The second-order valence-corrected chi connectivity index (χ2v) is 6.67. The van der Waals surface area contributed by atoms with Gasteiger partial charge >= 0.3 is 5.97 Å². The molecule has 28 heavy (non-hydrogen) atoms. The minimum Gasteiger partial charge on any atom is -0.477 e. The lowest BCUT2D eigenvalue weighted by molar-refractivity contribution is 0.0694. The van der Waals surface area contributed by atoms with Gasteiger partial charge in [0.1, 0.15) is 11.4 Å². The smallest absolute Gasteiger partial charge is 0.341 e. The monoisotopic (exact) mass is 404 g/mol. The van der Waals surface area contributed by atoms with E-state index < -0.39 is 22.8 Å². The molecule has 0 saturated carbocycles. The Labute approximate surface area is 164 Å². The van der Waals surface area contributed by atoms with Crippen LogP contribution in [0.5, 0.6) is 0 Å². The van der Waals surface area contributed by atoms with Crippen LogP contribution in [0, 0.1) is 5.82 Å². The van der Waals surface area contributed by atoms with E-state index in [0.29, 0.717) is 22.3 Å². The third-order valence-corrected chi connectivity index (χ3v) is 4.85. The van der Waals surface area contributed by atoms with Crippen molar-refractivity contribution in [2.45, 2.75) is 13.0 Å². The first-order valence-corrected chi connectivity index (χ1v) is 8.90. The molecule has 6 nitrogen and oxygen atoms in total. The number of rotatable bonds is 6. The number of benzene rings is 2. The van der Waals surface area contributed by atoms with E-state index in [1.165, 1.54) is 16.8 Å². The molecule has 0 aliphatic rings. The first kappa shape index (κ1) is 19.9. The van der Waals surface area contributed by atoms with E-state index in [1.54, 1.807) is 31.3 Å². The molecule has 146 valence electrons. The highest BCUT2D eigenvalue weighted by Crippen LogP contribution is 2.27. The van der Waals surface area contributed by atoms with E-state index >= 15 is 0 Å². The van der Waals surface area contributed by atoms with Crippen molar-refractivity contribution in [1.82, 2.24) is 4.57 Å². The fourth-order valence-electron chi connectivity index (χ4n) is 3.20. The van der Waals surface area contributed by atoms with E-state index in [1.807, 2.05) is 0 Å². The predicted octanol–water partition coefficient (Wildman–Crippen LogP) is 3.12. The second kappa shape index (κ2) is 8.00. The lowest BCUT2D eigenvalue weighted by Gasteiger charge is -2.16. The Hall–Kier alpha value is -2.90. The third kappa shape index (κ3) is 3.58. The summed E-state index contributed by atoms with van der Waals surface area (Å²) in [7, 11) is 1.69. The van der Waals surface area contributed by atoms with Gasteiger partial charge in [-0.15, -0.1) is 0 Å². The molecule has 0 amide bonds. The lowest BCUT2D eigenvalue weighted by Crippen LogP contribution is -2.20. The SMILES string of the molecule is CNc1cc2c(cc1Cc1cccc(Cl)c1F)c(=O)c(C(=O)O)cn2CCO. The topological polar surface area (TPSA) is 91.6 Å². The number of nitrogens with one attached hydrogen (secondary N) is 1. The zero-order chi connectivity index (χ0) is 20.4. The molecule has 2 aromatic carbocycles. The van der Waals surface area contributed by atoms with Crippen LogP contribution in [0.4, 0.5) is 10.1 Å². The number of halogens is 2. The van der Waals surface area contributed by atoms with E-state index in [0.717, 1.165) is 0 Å². The summed E-state index contributed by atoms with van der Waals surface area (Å²) in [5.41, 5.74) is 1.08. The van der Waals surface area contributed by atoms with Crippen LogP contribution in [-0.4, -0.2) is 34.4 Å². The van der Waals surface area contributed by atoms with Gasteiger partial charge < -0.3 is 20.1 Å². The van der Waals surface area contributed by atoms with Gasteiger partial charge in [0.25, 0.3) is 0 Å². The van der Waals surface area contributed by atoms with Gasteiger partial charge in [0, 0.05) is 37.3 Å². The number of pyridine rings is 1. The Morgan fingerprint density at radius 2 is 2.04 bits per heavy atom. The van der Waals surface area contributed by atoms with Crippen molar-refractivity contribution in [2.75, 3.05) is 19.0 Å². The number of fused-ring (bicyclic) bond motifs is 1. The number of carbonyl (C=O) groups is 1. The molecule has 3 rings (SSSR count). The van der Waals surface area contributed by atoms with E-state index in [-0.39, 0.29) is 30.0 Å². The number of hydrogen-bond acceptors (Lipinski definition) is 4. The zero-order valence-electron chi connectivity index (χ0n) is 15.0. The first-order valence-electron chi connectivity index (χ1n) is 8.52. The largest absolute Gasteiger partial charge is 0.477 e. The Kier molecular flexibility index (Phi) is 5.67. The van der Waals surface area contributed by atoms with Gasteiger partial charge in [0.05, 0.1) is 17.1 Å². The molecule has 0 bridgehead atoms. The summed E-state index contributed by atoms with van der Waals surface area (Å²) < 4.78 is 15.8. The van der Waals surface area contributed by atoms with E-state index in [2.05, 4.69) is 5.32 Å². The van der Waals surface area contributed by atoms with Crippen molar-refractivity contribution in [1.29, 1.82) is 0 Å². The molecule has 0 radical (unpaired) electrons. The van der Waals surface area contributed by atoms with Gasteiger partial charge in [-0.1, -0.05) is 23.7 Å². The maximum absolute atomic E-state index is 14.3. The standard InChI is InChI=1S/C20H18ClFN2O4/c1-23-16-9-17-13(19(26)14(20(27)28)10-24(17)5-6-25)8-12(16)7-11-3-2-4-15(21)18(11)22/h2-4,8-10,23,25H,5-7H2,1H3,(H,27,28). The van der Waals surface area contributed by atoms with Crippen molar-refractivity contribution in [3.8, 4) is 0 Å². The summed E-state index contributed by atoms with van der Waals surface area (Å²) in [5.74, 6) is -1.89. The average Bonchev–Trinajstić information content (AvgIpc) is 2.67. The average molecular weight is 405 g/mol. The number of carboxylic acids is 1. The highest BCUT2D eigenvalue weighted by molar-refractivity contribution is 6.30. The number of aliphatic hydroxyl groups is 1. The molecule has 1 heterocycles. The minimum atomic E-state index is -1.35. The summed E-state index contributed by atoms with van der Waals surface area (Å²) in [6.07, 6.45) is 1.38. The summed E-state index contributed by atoms with van der Waals surface area (Å²) in [6.45, 7) is -0.0934. The van der Waals surface area contributed by atoms with Crippen LogP contribution in [0.25, 0.3) is 10.9 Å². The van der Waals surface area contributed by atoms with Crippen LogP contribution < -0.4 is 10.7 Å². The molecule has 0 spiro atoms. The van der Waals surface area contributed by atoms with Crippen molar-refractivity contribution < 1.29 is 19.4 Å². The molecule has 0 aliphatic carbocycles. The predicted molar refractivity (Wildman–Crippen MR) is 106 cm³/mol. The molecular weight excluding hydrogens is 387 g/mol. The minimum absolute atomic E-state index is 0.00256. The van der Waals surface area contributed by atoms with Crippen LogP contribution in [0.15, 0.2) is 41.3 Å². The number of hydrogen-bond donors (Lipinski definition) is 3. The summed E-state index contributed by atoms with van der Waals surface area (Å²) in [4.78, 5) is 24.1. The van der Waals surface area contributed by atoms with Crippen molar-refractivity contribution >= 4 is 34.2 Å². The fraction of sp³-hybridized carbons (Fsp3) is 0.200. The number of carboxylic acid groups (broad SMARTS) is 1. The van der Waals surface area contributed by atoms with Crippen molar-refractivity contribution in [3.05, 3.63) is 74.3 Å². The highest BCUT2D eigenvalue weighted by Gasteiger charge is 2.17. The Bertz CT molecular complexity index is 1130. The number of aromatic carboxylic acids is 1. The highest BCUT2D eigenvalue weighted by atomic mass is 35.5. The van der Waals surface area contributed by atoms with Gasteiger partial charge in [0.2, 0.25) is 5.43 Å². The van der Waals surface area contributed by atoms with Gasteiger partial charge in [-0.3, -0.25) is 4.79 Å². The van der Waals surface area contributed by atoms with Gasteiger partial charge in [0.15, 0.2) is 0 Å². The summed E-state index contributed by atoms with van der Waals surface area (Å²) in [6, 6.07) is 7.94. The van der Waals surface area contributed by atoms with Crippen LogP contribution in [0.1, 0.15) is 21.5 Å². The molecule has 0 saturated heterocycles. The van der Waals surface area contributed by atoms with Crippen molar-refractivity contribution in [2.24, 2.45) is 0 Å². The number of aliphatic hydroxyl groups excluding tert-OH is 1. The first-order chi connectivity index (χ1) is 13.4. The van der Waals surface area contributed by atoms with Gasteiger partial charge in [-0.2, -0.15) is 0 Å². The fourth-order valence-corrected chi connectivity index (χ4v) is 3.39. The quantitative estimate of drug-likeness (QED) is 0.587. The lowest BCUT2D eigenvalue weighted by atomic mass is 9.99. The number of nitrogens with zero attached hydrogens (tertiary/aromatic N) is 1. The maximum Gasteiger partial charge on any atom is 0.341 e. The van der Waals surface area contributed by atoms with Crippen LogP contribution >= 0.6 is 11.6 Å². The Morgan fingerprint density at radius 1 is 1.29 bits per heavy atom. The molecule has 0 atom stereocenters. The van der Waals surface area contributed by atoms with Crippen LogP contribution in [0.2, 0.25) is 5.02 Å². The third-order valence-electron chi connectivity index (χ3n) is 4.56. The molecule has 3 N–H and O–H groups in total. The van der Waals surface area contributed by atoms with Crippen LogP contribution in [-0.2, 0) is 13.0 Å². The molecule has 0 unspecified atom stereocenters. The molecule has 0 fully saturated rings. The molecule has 8 heteroatoms. The number of aromatic nitrogens is 1. The normalized spacial score (nSPS) is 11.0. The van der Waals surface area contributed by atoms with E-state index in [4.69, 9.17) is 11.6 Å². The zero-order valence-corrected chi connectivity index (χ0v) is 15.8. The van der Waals surface area contributed by atoms with Gasteiger partial charge in [-0.25, -0.2) is 9.18 Å². The molecular formula is C20H18ClFN2O4. The summed E-state index contributed by atoms with van der Waals surface area (Å²) >= 11 is 5.85. The Morgan fingerprint density at radius 3 is 2.68 bits per heavy atom. The van der Waals surface area contributed by atoms with Crippen LogP contribution in [0.3, 0.4) is 0 Å². The Balaban J connectivity index is 2.26. The van der Waals surface area contributed by atoms with E-state index in [9.17, 15) is 24.2 Å². The number of anilines is 1. The van der Waals surface area contributed by atoms with Gasteiger partial charge in [-0.05, 0) is 29.3 Å². The molecule has 0 aliphatic heterocycles. The second-order valence-electron chi connectivity index (χ2n) is 6.26.